The van der Waals surface area contributed by atoms with Crippen molar-refractivity contribution in [3.63, 3.8) is 0 Å². The van der Waals surface area contributed by atoms with E-state index >= 15 is 0 Å². The number of hydrogen-bond donors (Lipinski definition) is 1. The van der Waals surface area contributed by atoms with E-state index in [0.717, 1.165) is 0 Å². The van der Waals surface area contributed by atoms with Gasteiger partial charge in [-0.25, -0.2) is 4.79 Å². The molecule has 0 aromatic rings. The summed E-state index contributed by atoms with van der Waals surface area (Å²) in [6.45, 7) is 13.3. The highest BCUT2D eigenvalue weighted by Crippen LogP contribution is 2.24. The maximum absolute atomic E-state index is 11.8. The minimum Gasteiger partial charge on any atom is -0.444 e. The van der Waals surface area contributed by atoms with Crippen molar-refractivity contribution in [2.45, 2.75) is 64.6 Å². The highest BCUT2D eigenvalue weighted by molar-refractivity contribution is 5.68. The molecule has 19 heavy (non-hydrogen) atoms. The van der Waals surface area contributed by atoms with Crippen molar-refractivity contribution in [1.29, 1.82) is 0 Å². The fourth-order valence-corrected chi connectivity index (χ4v) is 1.85. The normalized spacial score (nSPS) is 26.6. The van der Waals surface area contributed by atoms with Crippen molar-refractivity contribution in [2.75, 3.05) is 6.61 Å². The van der Waals surface area contributed by atoms with E-state index in [2.05, 4.69) is 11.9 Å². The van der Waals surface area contributed by atoms with Gasteiger partial charge in [0.2, 0.25) is 0 Å². The van der Waals surface area contributed by atoms with E-state index in [-0.39, 0.29) is 12.1 Å². The summed E-state index contributed by atoms with van der Waals surface area (Å²) in [5, 5.41) is 2.79. The number of nitrogens with one attached hydrogen (secondary N) is 1. The minimum atomic E-state index is -0.639. The lowest BCUT2D eigenvalue weighted by atomic mass is 10.1. The van der Waals surface area contributed by atoms with Crippen molar-refractivity contribution in [3.8, 4) is 0 Å². The first-order valence-electron chi connectivity index (χ1n) is 6.55. The molecule has 1 aliphatic rings. The Morgan fingerprint density at radius 2 is 2.16 bits per heavy atom. The predicted molar refractivity (Wildman–Crippen MR) is 72.9 cm³/mol. The third-order valence-electron chi connectivity index (χ3n) is 2.60. The number of alkyl carbamates (subject to hydrolysis) is 1. The molecule has 1 N–H and O–H groups in total. The molecule has 0 aliphatic carbocycles. The van der Waals surface area contributed by atoms with Crippen molar-refractivity contribution in [3.05, 3.63) is 12.7 Å². The molecule has 1 fully saturated rings. The molecule has 110 valence electrons. The molecule has 1 amide bonds. The van der Waals surface area contributed by atoms with Gasteiger partial charge in [0.05, 0.1) is 18.8 Å². The van der Waals surface area contributed by atoms with Crippen molar-refractivity contribution in [2.24, 2.45) is 0 Å². The number of amides is 1. The molecule has 0 bridgehead atoms. The Labute approximate surface area is 115 Å². The third-order valence-corrected chi connectivity index (χ3v) is 2.60. The Morgan fingerprint density at radius 1 is 1.53 bits per heavy atom. The smallest absolute Gasteiger partial charge is 0.408 e. The topological polar surface area (TPSA) is 56.8 Å². The maximum Gasteiger partial charge on any atom is 0.408 e. The Balaban J connectivity index is 2.60. The lowest BCUT2D eigenvalue weighted by molar-refractivity contribution is -0.280. The van der Waals surface area contributed by atoms with Crippen LogP contribution in [0.25, 0.3) is 0 Å². The second-order valence-electron chi connectivity index (χ2n) is 6.14. The molecule has 2 atom stereocenters. The van der Waals surface area contributed by atoms with Gasteiger partial charge in [-0.3, -0.25) is 0 Å². The van der Waals surface area contributed by atoms with Crippen LogP contribution in [-0.2, 0) is 14.2 Å². The molecular weight excluding hydrogens is 246 g/mol. The van der Waals surface area contributed by atoms with Crippen LogP contribution >= 0.6 is 0 Å². The lowest BCUT2D eigenvalue weighted by Crippen LogP contribution is -2.56. The van der Waals surface area contributed by atoms with Crippen LogP contribution in [0, 0.1) is 0 Å². The first kappa shape index (κ1) is 16.0. The van der Waals surface area contributed by atoms with Gasteiger partial charge in [0.1, 0.15) is 5.60 Å². The number of carbonyl (C=O) groups is 1. The van der Waals surface area contributed by atoms with E-state index in [9.17, 15) is 4.79 Å². The molecular formula is C14H25NO4. The summed E-state index contributed by atoms with van der Waals surface area (Å²) in [6, 6.07) is -0.235. The summed E-state index contributed by atoms with van der Waals surface area (Å²) >= 11 is 0. The first-order chi connectivity index (χ1) is 8.63. The molecule has 0 spiro atoms. The number of ether oxygens (including phenoxy) is 3. The molecule has 5 heteroatoms. The van der Waals surface area contributed by atoms with Crippen molar-refractivity contribution >= 4 is 6.09 Å². The molecule has 5 nitrogen and oxygen atoms in total. The van der Waals surface area contributed by atoms with E-state index in [4.69, 9.17) is 14.2 Å². The van der Waals surface area contributed by atoms with Crippen molar-refractivity contribution in [1.82, 2.24) is 5.32 Å². The average molecular weight is 271 g/mol. The monoisotopic (exact) mass is 271 g/mol. The van der Waals surface area contributed by atoms with Gasteiger partial charge in [0.15, 0.2) is 5.79 Å². The zero-order chi connectivity index (χ0) is 14.7. The van der Waals surface area contributed by atoms with Gasteiger partial charge in [-0.2, -0.15) is 0 Å². The SMILES string of the molecule is C=CC[C@H]1OC(C)(C)OC[C@H]1NC(=O)OC(C)(C)C. The fraction of sp³-hybridized carbons (Fsp3) is 0.786. The molecule has 1 heterocycles. The molecule has 0 aromatic heterocycles. The summed E-state index contributed by atoms with van der Waals surface area (Å²) < 4.78 is 16.6. The summed E-state index contributed by atoms with van der Waals surface area (Å²) in [5.41, 5.74) is -0.520. The minimum absolute atomic E-state index is 0.159. The van der Waals surface area contributed by atoms with Crippen LogP contribution in [0.1, 0.15) is 41.0 Å². The average Bonchev–Trinajstić information content (AvgIpc) is 2.19. The quantitative estimate of drug-likeness (QED) is 0.802. The Bertz CT molecular complexity index is 333. The predicted octanol–water partition coefficient (Wildman–Crippen LogP) is 2.61. The zero-order valence-electron chi connectivity index (χ0n) is 12.5. The third kappa shape index (κ3) is 5.61. The van der Waals surface area contributed by atoms with Crippen LogP contribution < -0.4 is 5.32 Å². The zero-order valence-corrected chi connectivity index (χ0v) is 12.5. The second-order valence-corrected chi connectivity index (χ2v) is 6.14. The van der Waals surface area contributed by atoms with Crippen LogP contribution in [0.15, 0.2) is 12.7 Å². The molecule has 1 saturated heterocycles. The van der Waals surface area contributed by atoms with Crippen LogP contribution in [0.5, 0.6) is 0 Å². The van der Waals surface area contributed by atoms with E-state index in [1.165, 1.54) is 0 Å². The van der Waals surface area contributed by atoms with E-state index in [1.54, 1.807) is 6.08 Å². The highest BCUT2D eigenvalue weighted by atomic mass is 16.7. The van der Waals surface area contributed by atoms with Crippen LogP contribution in [0.2, 0.25) is 0 Å². The summed E-state index contributed by atoms with van der Waals surface area (Å²) in [7, 11) is 0. The van der Waals surface area contributed by atoms with Gasteiger partial charge in [-0.05, 0) is 41.0 Å². The molecule has 1 aliphatic heterocycles. The molecule has 1 rings (SSSR count). The van der Waals surface area contributed by atoms with Gasteiger partial charge >= 0.3 is 6.09 Å². The summed E-state index contributed by atoms with van der Waals surface area (Å²) in [5.74, 6) is -0.639. The van der Waals surface area contributed by atoms with Crippen molar-refractivity contribution < 1.29 is 19.0 Å². The number of rotatable bonds is 3. The largest absolute Gasteiger partial charge is 0.444 e. The van der Waals surface area contributed by atoms with E-state index in [0.29, 0.717) is 13.0 Å². The maximum atomic E-state index is 11.8. The summed E-state index contributed by atoms with van der Waals surface area (Å²) in [6.07, 6.45) is 1.80. The Hall–Kier alpha value is -1.07. The highest BCUT2D eigenvalue weighted by Gasteiger charge is 2.37. The Morgan fingerprint density at radius 3 is 2.68 bits per heavy atom. The number of carbonyl (C=O) groups excluding carboxylic acids is 1. The number of hydrogen-bond acceptors (Lipinski definition) is 4. The second kappa shape index (κ2) is 5.92. The van der Waals surface area contributed by atoms with Gasteiger partial charge in [-0.1, -0.05) is 6.08 Å². The fourth-order valence-electron chi connectivity index (χ4n) is 1.85. The first-order valence-corrected chi connectivity index (χ1v) is 6.55. The van der Waals surface area contributed by atoms with Gasteiger partial charge in [0.25, 0.3) is 0 Å². The van der Waals surface area contributed by atoms with Crippen LogP contribution in [0.3, 0.4) is 0 Å². The Kier molecular flexibility index (Phi) is 4.98. The van der Waals surface area contributed by atoms with Gasteiger partial charge in [-0.15, -0.1) is 6.58 Å². The molecule has 0 unspecified atom stereocenters. The van der Waals surface area contributed by atoms with Crippen LogP contribution in [-0.4, -0.2) is 36.2 Å². The van der Waals surface area contributed by atoms with Gasteiger partial charge in [0, 0.05) is 0 Å². The van der Waals surface area contributed by atoms with E-state index < -0.39 is 17.5 Å². The van der Waals surface area contributed by atoms with Gasteiger partial charge < -0.3 is 19.5 Å². The van der Waals surface area contributed by atoms with E-state index in [1.807, 2.05) is 34.6 Å². The lowest BCUT2D eigenvalue weighted by Gasteiger charge is -2.41. The van der Waals surface area contributed by atoms with Crippen LogP contribution in [0.4, 0.5) is 4.79 Å². The summed E-state index contributed by atoms with van der Waals surface area (Å²) in [4.78, 5) is 11.8. The molecule has 0 radical (unpaired) electrons. The molecule has 0 saturated carbocycles. The standard InChI is InChI=1S/C14H25NO4/c1-7-8-11-10(9-17-14(5,6)18-11)15-12(16)19-13(2,3)4/h7,10-11H,1,8-9H2,2-6H3,(H,15,16)/t10-,11-/m1/s1. The molecule has 0 aromatic carbocycles.